The number of phenolic OH excluding ortho intramolecular Hbond substituents is 1. The third kappa shape index (κ3) is 12.2. The van der Waals surface area contributed by atoms with Crippen molar-refractivity contribution in [2.24, 2.45) is 20.5 Å². The molecule has 0 atom stereocenters. The van der Waals surface area contributed by atoms with E-state index in [1.165, 1.54) is 36.4 Å². The Balaban J connectivity index is 1.45. The summed E-state index contributed by atoms with van der Waals surface area (Å²) in [6.45, 7) is 0. The van der Waals surface area contributed by atoms with Crippen molar-refractivity contribution in [1.82, 2.24) is 0 Å². The highest BCUT2D eigenvalue weighted by molar-refractivity contribution is 7.93. The molecule has 0 fully saturated rings. The summed E-state index contributed by atoms with van der Waals surface area (Å²) in [4.78, 5) is 10.0. The Morgan fingerprint density at radius 3 is 1.37 bits per heavy atom. The molecule has 30 heteroatoms. The van der Waals surface area contributed by atoms with Gasteiger partial charge in [-0.05, 0) is 90.3 Å². The summed E-state index contributed by atoms with van der Waals surface area (Å²) in [5, 5.41) is 27.9. The number of rotatable bonds is 16. The average molecular weight is 991 g/mol. The minimum Gasteiger partial charge on any atom is -0.505 e. The number of carbonyl (C=O) groups is 1. The van der Waals surface area contributed by atoms with Crippen molar-refractivity contribution >= 4 is 111 Å². The lowest BCUT2D eigenvalue weighted by Crippen LogP contribution is -2.17. The number of amides is 1. The molecule has 0 aliphatic rings. The number of sulfone groups is 2. The molecule has 1 amide bonds. The van der Waals surface area contributed by atoms with Crippen molar-refractivity contribution in [2.75, 3.05) is 34.1 Å². The van der Waals surface area contributed by atoms with E-state index in [-0.39, 0.29) is 32.4 Å². The highest BCUT2D eigenvalue weighted by Crippen LogP contribution is 2.48. The van der Waals surface area contributed by atoms with Crippen molar-refractivity contribution in [3.05, 3.63) is 90.5 Å². The molecule has 5 aromatic rings. The van der Waals surface area contributed by atoms with Crippen molar-refractivity contribution in [2.45, 2.75) is 19.6 Å². The highest BCUT2D eigenvalue weighted by atomic mass is 32.2. The van der Waals surface area contributed by atoms with E-state index in [1.807, 2.05) is 0 Å². The van der Waals surface area contributed by atoms with Crippen LogP contribution in [0.1, 0.15) is 10.4 Å². The molecule has 0 unspecified atom stereocenters. The van der Waals surface area contributed by atoms with E-state index in [2.05, 4.69) is 25.8 Å². The van der Waals surface area contributed by atoms with Crippen LogP contribution in [0.15, 0.2) is 125 Å². The maximum atomic E-state index is 12.9. The van der Waals surface area contributed by atoms with Crippen LogP contribution in [-0.4, -0.2) is 103 Å². The summed E-state index contributed by atoms with van der Waals surface area (Å²) >= 11 is 0. The summed E-state index contributed by atoms with van der Waals surface area (Å²) in [7, 11) is -28.0. The minimum atomic E-state index is -5.28. The number of carbonyl (C=O) groups excluding carboxylic acids is 1. The monoisotopic (exact) mass is 990 g/mol. The normalized spacial score (nSPS) is 13.2. The lowest BCUT2D eigenvalue weighted by atomic mass is 10.1. The topological polar surface area (TPSA) is 411 Å². The number of anilines is 2. The van der Waals surface area contributed by atoms with E-state index in [0.717, 1.165) is 36.4 Å². The van der Waals surface area contributed by atoms with Crippen LogP contribution >= 0.6 is 0 Å². The van der Waals surface area contributed by atoms with E-state index >= 15 is 0 Å². The molecule has 5 aromatic carbocycles. The lowest BCUT2D eigenvalue weighted by Gasteiger charge is -2.14. The summed E-state index contributed by atoms with van der Waals surface area (Å²) in [5.41, 5.74) is 3.69. The standard InChI is InChI=1S/C33H30N6O18S6/c34-29-28-20(17-26(62(52,53)54)30(29)38-36-23-7-11-25(12-8-23)59(44,45)14-16-61(49,50)51)18-27(63(55,56)57)31(32(28)40)39-37-22-3-1-19(2-4-22)33(41)35-21-5-9-24(10-6-21)58(42,43)13-15-60(46,47)48/h1-12,17-18,40H,13-16,34H2,(H,35,41)(H,46,47,48)(H,49,50,51)(H,52,53,54)(H,55,56,57). The van der Waals surface area contributed by atoms with E-state index in [4.69, 9.17) is 14.8 Å². The Kier molecular flexibility index (Phi) is 13.6. The Morgan fingerprint density at radius 2 is 0.937 bits per heavy atom. The van der Waals surface area contributed by atoms with Gasteiger partial charge in [-0.1, -0.05) is 0 Å². The number of hydrogen-bond acceptors (Lipinski definition) is 19. The first kappa shape index (κ1) is 48.2. The average Bonchev–Trinajstić information content (AvgIpc) is 3.17. The van der Waals surface area contributed by atoms with Gasteiger partial charge in [-0.2, -0.15) is 43.9 Å². The molecule has 0 heterocycles. The van der Waals surface area contributed by atoms with Gasteiger partial charge in [0, 0.05) is 11.3 Å². The van der Waals surface area contributed by atoms with Crippen LogP contribution in [0.25, 0.3) is 10.8 Å². The zero-order valence-electron chi connectivity index (χ0n) is 31.3. The molecule has 24 nitrogen and oxygen atoms in total. The number of nitrogen functional groups attached to an aromatic ring is 1. The zero-order valence-corrected chi connectivity index (χ0v) is 36.2. The first-order chi connectivity index (χ1) is 28.9. The van der Waals surface area contributed by atoms with E-state index < -0.39 is 132 Å². The van der Waals surface area contributed by atoms with Gasteiger partial charge < -0.3 is 16.2 Å². The second kappa shape index (κ2) is 17.7. The van der Waals surface area contributed by atoms with Crippen LogP contribution in [0.4, 0.5) is 34.1 Å². The van der Waals surface area contributed by atoms with Crippen molar-refractivity contribution in [1.29, 1.82) is 0 Å². The van der Waals surface area contributed by atoms with E-state index in [0.29, 0.717) is 12.1 Å². The number of phenols is 1. The predicted octanol–water partition coefficient (Wildman–Crippen LogP) is 4.03. The molecule has 63 heavy (non-hydrogen) atoms. The third-order valence-electron chi connectivity index (χ3n) is 8.42. The predicted molar refractivity (Wildman–Crippen MR) is 222 cm³/mol. The van der Waals surface area contributed by atoms with Crippen LogP contribution in [0.5, 0.6) is 5.75 Å². The van der Waals surface area contributed by atoms with Crippen molar-refractivity contribution < 1.29 is 78.6 Å². The smallest absolute Gasteiger partial charge is 0.296 e. The molecule has 336 valence electrons. The fourth-order valence-corrected chi connectivity index (χ4v) is 11.7. The van der Waals surface area contributed by atoms with E-state index in [9.17, 15) is 69.5 Å². The Labute approximate surface area is 358 Å². The molecule has 0 aromatic heterocycles. The molecular formula is C33H30N6O18S6. The lowest BCUT2D eigenvalue weighted by molar-refractivity contribution is 0.102. The van der Waals surface area contributed by atoms with Crippen LogP contribution in [0, 0.1) is 0 Å². The largest absolute Gasteiger partial charge is 0.505 e. The molecule has 0 bridgehead atoms. The number of hydrogen-bond donors (Lipinski definition) is 7. The number of benzene rings is 5. The van der Waals surface area contributed by atoms with Gasteiger partial charge in [-0.25, -0.2) is 16.8 Å². The fraction of sp³-hybridized carbons (Fsp3) is 0.121. The number of nitrogens with two attached hydrogens (primary N) is 1. The second-order valence-corrected chi connectivity index (χ2v) is 23.0. The molecule has 5 rings (SSSR count). The van der Waals surface area contributed by atoms with Gasteiger partial charge in [-0.3, -0.25) is 23.0 Å². The number of azo groups is 2. The van der Waals surface area contributed by atoms with Crippen LogP contribution in [0.3, 0.4) is 0 Å². The van der Waals surface area contributed by atoms with Crippen LogP contribution in [-0.2, 0) is 60.1 Å². The quantitative estimate of drug-likeness (QED) is 0.0417. The van der Waals surface area contributed by atoms with Gasteiger partial charge in [0.25, 0.3) is 46.4 Å². The molecule has 8 N–H and O–H groups in total. The number of fused-ring (bicyclic) bond motifs is 1. The molecule has 0 spiro atoms. The van der Waals surface area contributed by atoms with Crippen LogP contribution in [0.2, 0.25) is 0 Å². The summed E-state index contributed by atoms with van der Waals surface area (Å²) in [6, 6.07) is 15.0. The number of aromatic hydroxyl groups is 1. The van der Waals surface area contributed by atoms with Crippen molar-refractivity contribution in [3.63, 3.8) is 0 Å². The van der Waals surface area contributed by atoms with Crippen molar-refractivity contribution in [3.8, 4) is 5.75 Å². The number of nitrogens with zero attached hydrogens (tertiary/aromatic N) is 4. The highest BCUT2D eigenvalue weighted by Gasteiger charge is 2.28. The Hall–Kier alpha value is -5.83. The SMILES string of the molecule is Nc1c(N=Nc2ccc(S(=O)(=O)CCS(=O)(=O)O)cc2)c(S(=O)(=O)O)cc2cc(S(=O)(=O)O)c(N=Nc3ccc(C(=O)Nc4ccc(S(=O)(=O)CCS(=O)(=O)O)cc4)cc3)c(O)c12. The van der Waals surface area contributed by atoms with Gasteiger partial charge in [0.05, 0.1) is 55.3 Å². The fourth-order valence-electron chi connectivity index (χ4n) is 5.33. The second-order valence-electron chi connectivity index (χ2n) is 12.9. The first-order valence-electron chi connectivity index (χ1n) is 16.8. The Morgan fingerprint density at radius 1 is 0.540 bits per heavy atom. The molecule has 0 aliphatic carbocycles. The van der Waals surface area contributed by atoms with Gasteiger partial charge in [0.15, 0.2) is 25.4 Å². The molecule has 0 radical (unpaired) electrons. The molecular weight excluding hydrogens is 961 g/mol. The molecule has 0 saturated carbocycles. The van der Waals surface area contributed by atoms with Gasteiger partial charge >= 0.3 is 0 Å². The van der Waals surface area contributed by atoms with Gasteiger partial charge in [0.2, 0.25) is 0 Å². The molecule has 0 saturated heterocycles. The summed E-state index contributed by atoms with van der Waals surface area (Å²) in [5.74, 6) is -5.74. The summed E-state index contributed by atoms with van der Waals surface area (Å²) < 4.78 is 181. The minimum absolute atomic E-state index is 0.0201. The maximum absolute atomic E-state index is 12.9. The van der Waals surface area contributed by atoms with E-state index in [1.54, 1.807) is 0 Å². The molecule has 0 aliphatic heterocycles. The number of nitrogens with one attached hydrogen (secondary N) is 1. The third-order valence-corrected chi connectivity index (χ3v) is 15.6. The Bertz CT molecular complexity index is 3400. The maximum Gasteiger partial charge on any atom is 0.296 e. The van der Waals surface area contributed by atoms with Gasteiger partial charge in [0.1, 0.15) is 21.2 Å². The first-order valence-corrected chi connectivity index (χ1v) is 26.2. The zero-order chi connectivity index (χ0) is 46.9. The van der Waals surface area contributed by atoms with Gasteiger partial charge in [-0.15, -0.1) is 10.2 Å². The summed E-state index contributed by atoms with van der Waals surface area (Å²) in [6.07, 6.45) is 0. The van der Waals surface area contributed by atoms with Crippen LogP contribution < -0.4 is 11.1 Å².